The molecule has 0 saturated carbocycles. The maximum atomic E-state index is 12.4. The molecule has 0 spiro atoms. The lowest BCUT2D eigenvalue weighted by Gasteiger charge is -2.26. The molecule has 104 valence electrons. The molecular weight excluding hydrogens is 291 g/mol. The first-order valence-electron chi connectivity index (χ1n) is 5.70. The summed E-state index contributed by atoms with van der Waals surface area (Å²) in [6, 6.07) is 4.04. The number of hydrogen-bond acceptors (Lipinski definition) is 3. The molecule has 0 aromatic heterocycles. The summed E-state index contributed by atoms with van der Waals surface area (Å²) >= 11 is 11.6. The van der Waals surface area contributed by atoms with Crippen LogP contribution in [-0.2, 0) is 0 Å². The summed E-state index contributed by atoms with van der Waals surface area (Å²) in [7, 11) is 0. The predicted octanol–water partition coefficient (Wildman–Crippen LogP) is 3.34. The van der Waals surface area contributed by atoms with Crippen molar-refractivity contribution in [1.82, 2.24) is 4.90 Å². The minimum Gasteiger partial charge on any atom is -0.335 e. The third kappa shape index (κ3) is 3.58. The molecule has 7 heteroatoms. The lowest BCUT2D eigenvalue weighted by atomic mass is 10.1. The van der Waals surface area contributed by atoms with E-state index in [2.05, 4.69) is 0 Å². The van der Waals surface area contributed by atoms with Gasteiger partial charge in [0.05, 0.1) is 9.95 Å². The van der Waals surface area contributed by atoms with E-state index >= 15 is 0 Å². The highest BCUT2D eigenvalue weighted by Gasteiger charge is 2.28. The van der Waals surface area contributed by atoms with Crippen molar-refractivity contribution in [3.8, 4) is 0 Å². The van der Waals surface area contributed by atoms with Gasteiger partial charge in [-0.2, -0.15) is 0 Å². The Bertz CT molecular complexity index is 492. The van der Waals surface area contributed by atoms with Crippen molar-refractivity contribution in [2.45, 2.75) is 19.9 Å². The zero-order valence-electron chi connectivity index (χ0n) is 10.6. The minimum absolute atomic E-state index is 0.0689. The fourth-order valence-corrected chi connectivity index (χ4v) is 2.14. The Labute approximate surface area is 121 Å². The third-order valence-corrected chi connectivity index (χ3v) is 3.10. The van der Waals surface area contributed by atoms with Crippen LogP contribution in [0.1, 0.15) is 24.2 Å². The number of alkyl halides is 1. The Morgan fingerprint density at radius 3 is 2.58 bits per heavy atom. The second kappa shape index (κ2) is 6.73. The Balaban J connectivity index is 3.28. The van der Waals surface area contributed by atoms with Gasteiger partial charge in [0.2, 0.25) is 0 Å². The highest BCUT2D eigenvalue weighted by Crippen LogP contribution is 2.28. The molecule has 1 rings (SSSR count). The van der Waals surface area contributed by atoms with Crippen LogP contribution in [0.3, 0.4) is 0 Å². The molecule has 19 heavy (non-hydrogen) atoms. The van der Waals surface area contributed by atoms with Gasteiger partial charge in [-0.1, -0.05) is 17.7 Å². The molecule has 5 nitrogen and oxygen atoms in total. The van der Waals surface area contributed by atoms with Gasteiger partial charge in [0.15, 0.2) is 0 Å². The van der Waals surface area contributed by atoms with E-state index in [1.165, 1.54) is 23.1 Å². The minimum atomic E-state index is -0.613. The number of rotatable bonds is 5. The number of amides is 1. The van der Waals surface area contributed by atoms with Crippen molar-refractivity contribution in [3.63, 3.8) is 0 Å². The SMILES string of the molecule is CC(C)N(CCCl)C(=O)c1c(Cl)cccc1[N+](=O)[O-]. The number of nitro groups is 1. The van der Waals surface area contributed by atoms with E-state index in [4.69, 9.17) is 23.2 Å². The molecule has 0 atom stereocenters. The van der Waals surface area contributed by atoms with E-state index < -0.39 is 10.8 Å². The van der Waals surface area contributed by atoms with Crippen LogP contribution in [0.4, 0.5) is 5.69 Å². The number of nitro benzene ring substituents is 1. The normalized spacial score (nSPS) is 10.6. The van der Waals surface area contributed by atoms with Gasteiger partial charge in [0.1, 0.15) is 5.56 Å². The molecule has 0 unspecified atom stereocenters. The van der Waals surface area contributed by atoms with Crippen LogP contribution < -0.4 is 0 Å². The third-order valence-electron chi connectivity index (χ3n) is 2.61. The average molecular weight is 305 g/mol. The Hall–Kier alpha value is -1.33. The number of halogens is 2. The van der Waals surface area contributed by atoms with Gasteiger partial charge < -0.3 is 4.90 Å². The molecule has 1 amide bonds. The fraction of sp³-hybridized carbons (Fsp3) is 0.417. The van der Waals surface area contributed by atoms with E-state index in [-0.39, 0.29) is 28.2 Å². The van der Waals surface area contributed by atoms with E-state index in [9.17, 15) is 14.9 Å². The number of nitrogens with zero attached hydrogens (tertiary/aromatic N) is 2. The van der Waals surface area contributed by atoms with Crippen molar-refractivity contribution < 1.29 is 9.72 Å². The second-order valence-corrected chi connectivity index (χ2v) is 4.96. The highest BCUT2D eigenvalue weighted by molar-refractivity contribution is 6.34. The molecule has 1 aromatic rings. The fourth-order valence-electron chi connectivity index (χ4n) is 1.71. The summed E-state index contributed by atoms with van der Waals surface area (Å²) in [4.78, 5) is 24.2. The van der Waals surface area contributed by atoms with E-state index in [0.717, 1.165) is 0 Å². The van der Waals surface area contributed by atoms with Gasteiger partial charge >= 0.3 is 0 Å². The smallest absolute Gasteiger partial charge is 0.283 e. The van der Waals surface area contributed by atoms with Crippen molar-refractivity contribution in [2.75, 3.05) is 12.4 Å². The van der Waals surface area contributed by atoms with E-state index in [1.54, 1.807) is 0 Å². The van der Waals surface area contributed by atoms with Gasteiger partial charge in [0, 0.05) is 24.5 Å². The van der Waals surface area contributed by atoms with E-state index in [1.807, 2.05) is 13.8 Å². The summed E-state index contributed by atoms with van der Waals surface area (Å²) in [5.41, 5.74) is -0.384. The molecule has 0 aliphatic heterocycles. The van der Waals surface area contributed by atoms with Crippen molar-refractivity contribution in [3.05, 3.63) is 38.9 Å². The molecule has 0 N–H and O–H groups in total. The molecule has 1 aromatic carbocycles. The molecule has 0 aliphatic rings. The molecule has 0 heterocycles. The summed E-state index contributed by atoms with van der Waals surface area (Å²) in [5.74, 6) is -0.227. The monoisotopic (exact) mass is 304 g/mol. The average Bonchev–Trinajstić information content (AvgIpc) is 2.34. The van der Waals surface area contributed by atoms with Crippen LogP contribution in [0.25, 0.3) is 0 Å². The highest BCUT2D eigenvalue weighted by atomic mass is 35.5. The number of benzene rings is 1. The zero-order valence-corrected chi connectivity index (χ0v) is 12.1. The van der Waals surface area contributed by atoms with Gasteiger partial charge in [-0.05, 0) is 19.9 Å². The van der Waals surface area contributed by atoms with Crippen molar-refractivity contribution >= 4 is 34.8 Å². The van der Waals surface area contributed by atoms with Crippen molar-refractivity contribution in [2.24, 2.45) is 0 Å². The van der Waals surface area contributed by atoms with Gasteiger partial charge in [-0.25, -0.2) is 0 Å². The van der Waals surface area contributed by atoms with Crippen LogP contribution in [0.15, 0.2) is 18.2 Å². The quantitative estimate of drug-likeness (QED) is 0.476. The molecule has 0 fully saturated rings. The van der Waals surface area contributed by atoms with Crippen LogP contribution in [0.2, 0.25) is 5.02 Å². The number of carbonyl (C=O) groups excluding carboxylic acids is 1. The summed E-state index contributed by atoms with van der Waals surface area (Å²) in [6.45, 7) is 3.93. The first kappa shape index (κ1) is 15.7. The van der Waals surface area contributed by atoms with Gasteiger partial charge in [-0.15, -0.1) is 11.6 Å². The number of hydrogen-bond donors (Lipinski definition) is 0. The predicted molar refractivity (Wildman–Crippen MR) is 75.0 cm³/mol. The van der Waals surface area contributed by atoms with Gasteiger partial charge in [-0.3, -0.25) is 14.9 Å². The first-order chi connectivity index (χ1) is 8.90. The molecular formula is C12H14Cl2N2O3. The second-order valence-electron chi connectivity index (χ2n) is 4.17. The number of carbonyl (C=O) groups is 1. The van der Waals surface area contributed by atoms with Crippen molar-refractivity contribution in [1.29, 1.82) is 0 Å². The summed E-state index contributed by atoms with van der Waals surface area (Å²) in [5, 5.41) is 11.0. The van der Waals surface area contributed by atoms with Crippen LogP contribution >= 0.6 is 23.2 Å². The van der Waals surface area contributed by atoms with Crippen LogP contribution in [0, 0.1) is 10.1 Å². The Morgan fingerprint density at radius 2 is 2.11 bits per heavy atom. The molecule has 0 saturated heterocycles. The molecule has 0 bridgehead atoms. The van der Waals surface area contributed by atoms with Gasteiger partial charge in [0.25, 0.3) is 11.6 Å². The lowest BCUT2D eigenvalue weighted by Crippen LogP contribution is -2.38. The van der Waals surface area contributed by atoms with Crippen LogP contribution in [0.5, 0.6) is 0 Å². The topological polar surface area (TPSA) is 63.5 Å². The first-order valence-corrected chi connectivity index (χ1v) is 6.61. The summed E-state index contributed by atoms with van der Waals surface area (Å²) < 4.78 is 0. The lowest BCUT2D eigenvalue weighted by molar-refractivity contribution is -0.385. The van der Waals surface area contributed by atoms with E-state index in [0.29, 0.717) is 6.54 Å². The molecule has 0 aliphatic carbocycles. The maximum absolute atomic E-state index is 12.4. The molecule has 0 radical (unpaired) electrons. The standard InChI is InChI=1S/C12H14Cl2N2O3/c1-8(2)15(7-6-13)12(17)11-9(14)4-3-5-10(11)16(18)19/h3-5,8H,6-7H2,1-2H3. The largest absolute Gasteiger partial charge is 0.335 e. The zero-order chi connectivity index (χ0) is 14.6. The summed E-state index contributed by atoms with van der Waals surface area (Å²) in [6.07, 6.45) is 0. The maximum Gasteiger partial charge on any atom is 0.283 e. The Kier molecular flexibility index (Phi) is 5.57. The van der Waals surface area contributed by atoms with Crippen LogP contribution in [-0.4, -0.2) is 34.2 Å². The Morgan fingerprint density at radius 1 is 1.47 bits per heavy atom.